The minimum absolute atomic E-state index is 0.322. The predicted octanol–water partition coefficient (Wildman–Crippen LogP) is -0.311. The molecule has 0 saturated heterocycles. The molecular formula is C10H10N2O5. The summed E-state index contributed by atoms with van der Waals surface area (Å²) < 4.78 is 0. The van der Waals surface area contributed by atoms with Crippen LogP contribution in [0.1, 0.15) is 0 Å². The Kier molecular flexibility index (Phi) is 6.85. The topological polar surface area (TPSA) is 120 Å². The summed E-state index contributed by atoms with van der Waals surface area (Å²) in [7, 11) is 0. The van der Waals surface area contributed by atoms with E-state index >= 15 is 0 Å². The second kappa shape index (κ2) is 7.92. The lowest BCUT2D eigenvalue weighted by Gasteiger charge is -2.08. The maximum absolute atomic E-state index is 9.50. The Morgan fingerprint density at radius 2 is 1.59 bits per heavy atom. The zero-order chi connectivity index (χ0) is 13.1. The third kappa shape index (κ3) is 6.72. The van der Waals surface area contributed by atoms with Gasteiger partial charge in [0, 0.05) is 0 Å². The first kappa shape index (κ1) is 14.7. The van der Waals surface area contributed by atoms with E-state index in [9.17, 15) is 9.59 Å². The van der Waals surface area contributed by atoms with Gasteiger partial charge in [0.05, 0.1) is 0 Å². The van der Waals surface area contributed by atoms with Crippen LogP contribution in [-0.2, 0) is 9.59 Å². The number of para-hydroxylation sites is 1. The number of carbonyl (C=O) groups excluding carboxylic acids is 2. The number of aliphatic hydroxyl groups excluding tert-OH is 1. The van der Waals surface area contributed by atoms with Crippen molar-refractivity contribution < 1.29 is 24.9 Å². The van der Waals surface area contributed by atoms with Gasteiger partial charge in [0.1, 0.15) is 12.4 Å². The first-order valence-electron chi connectivity index (χ1n) is 4.33. The summed E-state index contributed by atoms with van der Waals surface area (Å²) in [6.07, 6.45) is 1.87. The van der Waals surface area contributed by atoms with Crippen molar-refractivity contribution in [1.29, 1.82) is 0 Å². The van der Waals surface area contributed by atoms with Crippen molar-refractivity contribution in [3.05, 3.63) is 30.3 Å². The molecule has 1 aromatic rings. The minimum Gasteiger partial charge on any atom is -0.508 e. The van der Waals surface area contributed by atoms with Crippen molar-refractivity contribution >= 4 is 12.2 Å². The first-order chi connectivity index (χ1) is 8.08. The standard InChI is InChI=1S/C6H6O.C4H4N2O4/c7-6-4-2-1-3-5-6;7-1-4(10,5-2-8)6-3-9/h1-5,7H;7,10H,1H2. The number of benzene rings is 1. The molecule has 17 heavy (non-hydrogen) atoms. The highest BCUT2D eigenvalue weighted by Crippen LogP contribution is 2.04. The van der Waals surface area contributed by atoms with Crippen LogP contribution >= 0.6 is 0 Å². The van der Waals surface area contributed by atoms with Crippen LogP contribution in [0, 0.1) is 0 Å². The van der Waals surface area contributed by atoms with Gasteiger partial charge in [-0.05, 0) is 12.1 Å². The summed E-state index contributed by atoms with van der Waals surface area (Å²) in [5.74, 6) is -2.08. The van der Waals surface area contributed by atoms with Gasteiger partial charge in [-0.15, -0.1) is 9.98 Å². The van der Waals surface area contributed by atoms with Gasteiger partial charge in [-0.25, -0.2) is 9.59 Å². The maximum atomic E-state index is 9.50. The van der Waals surface area contributed by atoms with Gasteiger partial charge in [0.25, 0.3) is 5.85 Å². The van der Waals surface area contributed by atoms with Gasteiger partial charge in [-0.2, -0.15) is 0 Å². The van der Waals surface area contributed by atoms with E-state index in [0.717, 1.165) is 12.2 Å². The number of aliphatic imine (C=N–C) groups is 2. The molecular weight excluding hydrogens is 228 g/mol. The van der Waals surface area contributed by atoms with E-state index in [0.29, 0.717) is 5.75 Å². The van der Waals surface area contributed by atoms with Crippen molar-refractivity contribution in [1.82, 2.24) is 0 Å². The number of isocyanates is 2. The molecule has 1 rings (SSSR count). The highest BCUT2D eigenvalue weighted by Gasteiger charge is 2.23. The molecule has 0 atom stereocenters. The SMILES string of the molecule is O=C=NC(O)(CO)N=C=O.Oc1ccccc1. The Bertz CT molecular complexity index is 404. The Labute approximate surface area is 96.4 Å². The van der Waals surface area contributed by atoms with Gasteiger partial charge in [-0.1, -0.05) is 18.2 Å². The molecule has 0 bridgehead atoms. The van der Waals surface area contributed by atoms with Gasteiger partial charge in [-0.3, -0.25) is 0 Å². The van der Waals surface area contributed by atoms with Crippen molar-refractivity contribution in [2.45, 2.75) is 5.85 Å². The molecule has 0 unspecified atom stereocenters. The van der Waals surface area contributed by atoms with Crippen molar-refractivity contribution in [3.63, 3.8) is 0 Å². The highest BCUT2D eigenvalue weighted by molar-refractivity contribution is 5.37. The fraction of sp³-hybridized carbons (Fsp3) is 0.200. The molecule has 7 heteroatoms. The molecule has 3 N–H and O–H groups in total. The monoisotopic (exact) mass is 238 g/mol. The molecule has 0 radical (unpaired) electrons. The molecule has 7 nitrogen and oxygen atoms in total. The summed E-state index contributed by atoms with van der Waals surface area (Å²) in [5.41, 5.74) is 0. The van der Waals surface area contributed by atoms with Crippen LogP contribution in [0.5, 0.6) is 5.75 Å². The quantitative estimate of drug-likeness (QED) is 0.492. The van der Waals surface area contributed by atoms with E-state index in [4.69, 9.17) is 15.3 Å². The minimum atomic E-state index is -2.40. The maximum Gasteiger partial charge on any atom is 0.299 e. The lowest BCUT2D eigenvalue weighted by atomic mass is 10.3. The molecule has 0 aromatic heterocycles. The van der Waals surface area contributed by atoms with E-state index in [-0.39, 0.29) is 0 Å². The van der Waals surface area contributed by atoms with E-state index in [1.165, 1.54) is 0 Å². The van der Waals surface area contributed by atoms with Crippen LogP contribution in [-0.4, -0.2) is 39.9 Å². The van der Waals surface area contributed by atoms with E-state index in [2.05, 4.69) is 9.98 Å². The normalized spacial score (nSPS) is 11.9. The van der Waals surface area contributed by atoms with Crippen LogP contribution in [0.2, 0.25) is 0 Å². The molecule has 0 aliphatic rings. The van der Waals surface area contributed by atoms with E-state index < -0.39 is 12.5 Å². The summed E-state index contributed by atoms with van der Waals surface area (Å²) in [5, 5.41) is 25.6. The number of phenolic OH excluding ortho intramolecular Hbond substituents is 1. The molecule has 1 aromatic carbocycles. The zero-order valence-electron chi connectivity index (χ0n) is 8.65. The molecule has 0 spiro atoms. The van der Waals surface area contributed by atoms with Gasteiger partial charge in [0.15, 0.2) is 0 Å². The molecule has 90 valence electrons. The number of nitrogens with zero attached hydrogens (tertiary/aromatic N) is 2. The van der Waals surface area contributed by atoms with E-state index in [1.807, 2.05) is 6.07 Å². The Hall–Kier alpha value is -2.30. The molecule has 0 fully saturated rings. The lowest BCUT2D eigenvalue weighted by molar-refractivity contribution is 0.00143. The third-order valence-corrected chi connectivity index (χ3v) is 1.42. The van der Waals surface area contributed by atoms with Crippen LogP contribution in [0.15, 0.2) is 40.3 Å². The average molecular weight is 238 g/mol. The average Bonchev–Trinajstić information content (AvgIpc) is 2.31. The number of hydrogen-bond acceptors (Lipinski definition) is 7. The highest BCUT2D eigenvalue weighted by atomic mass is 16.4. The van der Waals surface area contributed by atoms with Crippen LogP contribution in [0.3, 0.4) is 0 Å². The predicted molar refractivity (Wildman–Crippen MR) is 56.4 cm³/mol. The van der Waals surface area contributed by atoms with Crippen LogP contribution < -0.4 is 0 Å². The number of phenols is 1. The number of rotatable bonds is 3. The van der Waals surface area contributed by atoms with Crippen molar-refractivity contribution in [2.24, 2.45) is 9.98 Å². The summed E-state index contributed by atoms with van der Waals surface area (Å²) in [6, 6.07) is 8.71. The second-order valence-corrected chi connectivity index (χ2v) is 2.67. The largest absolute Gasteiger partial charge is 0.508 e. The van der Waals surface area contributed by atoms with Crippen molar-refractivity contribution in [3.8, 4) is 5.75 Å². The Balaban J connectivity index is 0.000000318. The summed E-state index contributed by atoms with van der Waals surface area (Å²) in [4.78, 5) is 24.3. The van der Waals surface area contributed by atoms with E-state index in [1.54, 1.807) is 24.3 Å². The fourth-order valence-corrected chi connectivity index (χ4v) is 0.670. The zero-order valence-corrected chi connectivity index (χ0v) is 8.65. The molecule has 0 aliphatic carbocycles. The molecule has 0 amide bonds. The molecule has 0 aliphatic heterocycles. The van der Waals surface area contributed by atoms with Gasteiger partial charge in [0.2, 0.25) is 12.2 Å². The first-order valence-corrected chi connectivity index (χ1v) is 4.33. The fourth-order valence-electron chi connectivity index (χ4n) is 0.670. The lowest BCUT2D eigenvalue weighted by Crippen LogP contribution is -2.27. The number of aliphatic hydroxyl groups is 2. The Morgan fingerprint density at radius 3 is 1.82 bits per heavy atom. The molecule has 0 heterocycles. The van der Waals surface area contributed by atoms with Crippen LogP contribution in [0.25, 0.3) is 0 Å². The Morgan fingerprint density at radius 1 is 1.12 bits per heavy atom. The number of hydrogen-bond donors (Lipinski definition) is 3. The summed E-state index contributed by atoms with van der Waals surface area (Å²) >= 11 is 0. The van der Waals surface area contributed by atoms with Crippen molar-refractivity contribution in [2.75, 3.05) is 6.61 Å². The number of aromatic hydroxyl groups is 1. The molecule has 0 saturated carbocycles. The third-order valence-electron chi connectivity index (χ3n) is 1.42. The smallest absolute Gasteiger partial charge is 0.299 e. The van der Waals surface area contributed by atoms with Crippen LogP contribution in [0.4, 0.5) is 0 Å². The van der Waals surface area contributed by atoms with Gasteiger partial charge >= 0.3 is 0 Å². The summed E-state index contributed by atoms with van der Waals surface area (Å²) in [6.45, 7) is -0.961. The van der Waals surface area contributed by atoms with Gasteiger partial charge < -0.3 is 15.3 Å². The second-order valence-electron chi connectivity index (χ2n) is 2.67.